The zero-order chi connectivity index (χ0) is 13.1. The van der Waals surface area contributed by atoms with Crippen molar-refractivity contribution in [2.24, 2.45) is 0 Å². The summed E-state index contributed by atoms with van der Waals surface area (Å²) in [7, 11) is 4.32. The fourth-order valence-electron chi connectivity index (χ4n) is 2.84. The zero-order valence-electron chi connectivity index (χ0n) is 12.6. The summed E-state index contributed by atoms with van der Waals surface area (Å²) in [6, 6.07) is 1.31. The predicted octanol–water partition coefficient (Wildman–Crippen LogP) is 1.79. The Labute approximate surface area is 108 Å². The topological polar surface area (TPSA) is 18.5 Å². The first-order chi connectivity index (χ1) is 7.92. The van der Waals surface area contributed by atoms with Gasteiger partial charge in [0, 0.05) is 30.7 Å². The van der Waals surface area contributed by atoms with Crippen LogP contribution in [0, 0.1) is 0 Å². The minimum absolute atomic E-state index is 0.326. The number of hydrogen-bond donors (Lipinski definition) is 1. The Morgan fingerprint density at radius 1 is 1.41 bits per heavy atom. The van der Waals surface area contributed by atoms with E-state index in [1.165, 1.54) is 25.9 Å². The van der Waals surface area contributed by atoms with Gasteiger partial charge in [0.1, 0.15) is 0 Å². The van der Waals surface area contributed by atoms with E-state index in [9.17, 15) is 0 Å². The van der Waals surface area contributed by atoms with E-state index in [-0.39, 0.29) is 0 Å². The second kappa shape index (κ2) is 6.17. The maximum absolute atomic E-state index is 3.33. The van der Waals surface area contributed by atoms with Crippen molar-refractivity contribution in [2.45, 2.75) is 58.2 Å². The summed E-state index contributed by atoms with van der Waals surface area (Å²) in [6.45, 7) is 12.9. The smallest absolute Gasteiger partial charge is 0.0345 e. The van der Waals surface area contributed by atoms with Crippen LogP contribution in [0.3, 0.4) is 0 Å². The first kappa shape index (κ1) is 14.9. The van der Waals surface area contributed by atoms with Crippen molar-refractivity contribution in [2.75, 3.05) is 33.7 Å². The molecule has 0 amide bonds. The van der Waals surface area contributed by atoms with Crippen LogP contribution < -0.4 is 5.32 Å². The van der Waals surface area contributed by atoms with E-state index >= 15 is 0 Å². The number of hydrogen-bond acceptors (Lipinski definition) is 3. The van der Waals surface area contributed by atoms with Crippen LogP contribution in [0.2, 0.25) is 0 Å². The average molecular weight is 241 g/mol. The summed E-state index contributed by atoms with van der Waals surface area (Å²) in [5, 5.41) is 3.33. The van der Waals surface area contributed by atoms with Crippen LogP contribution in [0.15, 0.2) is 0 Å². The molecule has 0 spiro atoms. The Morgan fingerprint density at radius 2 is 2.06 bits per heavy atom. The summed E-state index contributed by atoms with van der Waals surface area (Å²) in [4.78, 5) is 5.22. The highest BCUT2D eigenvalue weighted by molar-refractivity contribution is 4.92. The van der Waals surface area contributed by atoms with Crippen molar-refractivity contribution < 1.29 is 0 Å². The van der Waals surface area contributed by atoms with E-state index in [0.717, 1.165) is 6.54 Å². The maximum atomic E-state index is 3.33. The molecule has 1 saturated heterocycles. The molecule has 0 radical (unpaired) electrons. The molecule has 0 aromatic heterocycles. The highest BCUT2D eigenvalue weighted by Gasteiger charge is 2.35. The molecule has 102 valence electrons. The Hall–Kier alpha value is -0.120. The van der Waals surface area contributed by atoms with E-state index < -0.39 is 0 Å². The molecule has 2 unspecified atom stereocenters. The van der Waals surface area contributed by atoms with Crippen LogP contribution in [-0.2, 0) is 0 Å². The Balaban J connectivity index is 2.82. The van der Waals surface area contributed by atoms with Gasteiger partial charge in [0.15, 0.2) is 0 Å². The van der Waals surface area contributed by atoms with Crippen LogP contribution >= 0.6 is 0 Å². The van der Waals surface area contributed by atoms with Gasteiger partial charge >= 0.3 is 0 Å². The quantitative estimate of drug-likeness (QED) is 0.809. The number of rotatable bonds is 4. The third kappa shape index (κ3) is 3.67. The van der Waals surface area contributed by atoms with Gasteiger partial charge in [0.05, 0.1) is 0 Å². The molecule has 1 fully saturated rings. The molecule has 0 aromatic rings. The molecule has 2 atom stereocenters. The molecule has 3 heteroatoms. The zero-order valence-corrected chi connectivity index (χ0v) is 12.6. The number of likely N-dealkylation sites (N-methyl/N-ethyl adjacent to an activating group) is 2. The molecule has 0 aromatic carbocycles. The Bertz CT molecular complexity index is 228. The standard InChI is InChI=1S/C14H31N3/c1-7-12(2)17-11-13(10-15-5)16(6)9-8-14(17,3)4/h12-13,15H,7-11H2,1-6H3. The van der Waals surface area contributed by atoms with Crippen LogP contribution in [0.5, 0.6) is 0 Å². The molecule has 1 N–H and O–H groups in total. The number of nitrogens with zero attached hydrogens (tertiary/aromatic N) is 2. The van der Waals surface area contributed by atoms with Crippen LogP contribution in [0.1, 0.15) is 40.5 Å². The third-order valence-corrected chi connectivity index (χ3v) is 4.45. The highest BCUT2D eigenvalue weighted by atomic mass is 15.3. The van der Waals surface area contributed by atoms with E-state index in [0.29, 0.717) is 17.6 Å². The number of nitrogens with one attached hydrogen (secondary N) is 1. The van der Waals surface area contributed by atoms with Gasteiger partial charge in [-0.3, -0.25) is 4.90 Å². The van der Waals surface area contributed by atoms with Crippen molar-refractivity contribution in [3.05, 3.63) is 0 Å². The van der Waals surface area contributed by atoms with Crippen molar-refractivity contribution in [3.8, 4) is 0 Å². The minimum atomic E-state index is 0.326. The van der Waals surface area contributed by atoms with Gasteiger partial charge in [-0.05, 0) is 54.3 Å². The van der Waals surface area contributed by atoms with Gasteiger partial charge in [-0.1, -0.05) is 6.92 Å². The van der Waals surface area contributed by atoms with Gasteiger partial charge < -0.3 is 10.2 Å². The lowest BCUT2D eigenvalue weighted by Gasteiger charge is -2.42. The normalized spacial score (nSPS) is 28.9. The molecular weight excluding hydrogens is 210 g/mol. The monoisotopic (exact) mass is 241 g/mol. The van der Waals surface area contributed by atoms with E-state index in [1.807, 2.05) is 0 Å². The molecular formula is C14H31N3. The largest absolute Gasteiger partial charge is 0.318 e. The SMILES string of the molecule is CCC(C)N1CC(CNC)N(C)CCC1(C)C. The fourth-order valence-corrected chi connectivity index (χ4v) is 2.84. The van der Waals surface area contributed by atoms with Crippen molar-refractivity contribution in [1.29, 1.82) is 0 Å². The fraction of sp³-hybridized carbons (Fsp3) is 1.00. The average Bonchev–Trinajstić information content (AvgIpc) is 2.39. The Morgan fingerprint density at radius 3 is 2.59 bits per heavy atom. The van der Waals surface area contributed by atoms with Crippen molar-refractivity contribution in [1.82, 2.24) is 15.1 Å². The van der Waals surface area contributed by atoms with Crippen LogP contribution in [-0.4, -0.2) is 61.2 Å². The van der Waals surface area contributed by atoms with E-state index in [1.54, 1.807) is 0 Å². The molecule has 1 rings (SSSR count). The van der Waals surface area contributed by atoms with Gasteiger partial charge in [-0.2, -0.15) is 0 Å². The van der Waals surface area contributed by atoms with Gasteiger partial charge in [-0.25, -0.2) is 0 Å². The predicted molar refractivity (Wildman–Crippen MR) is 75.5 cm³/mol. The van der Waals surface area contributed by atoms with E-state index in [2.05, 4.69) is 56.9 Å². The second-order valence-electron chi connectivity index (χ2n) is 6.16. The van der Waals surface area contributed by atoms with Gasteiger partial charge in [-0.15, -0.1) is 0 Å². The molecule has 1 heterocycles. The minimum Gasteiger partial charge on any atom is -0.318 e. The Kier molecular flexibility index (Phi) is 5.42. The molecule has 0 aliphatic carbocycles. The molecule has 1 aliphatic heterocycles. The second-order valence-corrected chi connectivity index (χ2v) is 6.16. The third-order valence-electron chi connectivity index (χ3n) is 4.45. The first-order valence-corrected chi connectivity index (χ1v) is 7.04. The first-order valence-electron chi connectivity index (χ1n) is 7.04. The molecule has 0 bridgehead atoms. The van der Waals surface area contributed by atoms with Gasteiger partial charge in [0.2, 0.25) is 0 Å². The lowest BCUT2D eigenvalue weighted by Crippen LogP contribution is -2.52. The van der Waals surface area contributed by atoms with Crippen molar-refractivity contribution >= 4 is 0 Å². The van der Waals surface area contributed by atoms with Crippen LogP contribution in [0.4, 0.5) is 0 Å². The summed E-state index contributed by atoms with van der Waals surface area (Å²) < 4.78 is 0. The summed E-state index contributed by atoms with van der Waals surface area (Å²) >= 11 is 0. The highest BCUT2D eigenvalue weighted by Crippen LogP contribution is 2.27. The van der Waals surface area contributed by atoms with E-state index in [4.69, 9.17) is 0 Å². The molecule has 1 aliphatic rings. The maximum Gasteiger partial charge on any atom is 0.0345 e. The summed E-state index contributed by atoms with van der Waals surface area (Å²) in [6.07, 6.45) is 2.49. The lowest BCUT2D eigenvalue weighted by molar-refractivity contribution is 0.0705. The van der Waals surface area contributed by atoms with Crippen LogP contribution in [0.25, 0.3) is 0 Å². The summed E-state index contributed by atoms with van der Waals surface area (Å²) in [5.41, 5.74) is 0.326. The molecule has 17 heavy (non-hydrogen) atoms. The molecule has 3 nitrogen and oxygen atoms in total. The lowest BCUT2D eigenvalue weighted by atomic mass is 9.96. The van der Waals surface area contributed by atoms with Gasteiger partial charge in [0.25, 0.3) is 0 Å². The van der Waals surface area contributed by atoms with Crippen molar-refractivity contribution in [3.63, 3.8) is 0 Å². The molecule has 0 saturated carbocycles. The summed E-state index contributed by atoms with van der Waals surface area (Å²) in [5.74, 6) is 0.